The Hall–Kier alpha value is -1.81. The van der Waals surface area contributed by atoms with Crippen LogP contribution in [0.15, 0.2) is 6.07 Å². The lowest BCUT2D eigenvalue weighted by Crippen LogP contribution is -2.50. The minimum atomic E-state index is -4.48. The summed E-state index contributed by atoms with van der Waals surface area (Å²) in [6.45, 7) is 4.88. The molecule has 28 heavy (non-hydrogen) atoms. The third-order valence-corrected chi connectivity index (χ3v) is 6.58. The molecule has 3 amide bonds. The zero-order valence-corrected chi connectivity index (χ0v) is 16.6. The van der Waals surface area contributed by atoms with Gasteiger partial charge in [-0.15, -0.1) is 11.3 Å². The number of halogens is 3. The number of thiophene rings is 1. The summed E-state index contributed by atoms with van der Waals surface area (Å²) in [5.41, 5.74) is 0.377. The zero-order valence-electron chi connectivity index (χ0n) is 15.8. The summed E-state index contributed by atoms with van der Waals surface area (Å²) in [6, 6.07) is -0.343. The molecule has 1 fully saturated rings. The molecule has 1 aromatic rings. The molecule has 1 unspecified atom stereocenters. The predicted molar refractivity (Wildman–Crippen MR) is 98.5 cm³/mol. The number of alkyl halides is 3. The van der Waals surface area contributed by atoms with Crippen molar-refractivity contribution in [2.24, 2.45) is 0 Å². The summed E-state index contributed by atoms with van der Waals surface area (Å²) in [6.07, 6.45) is -2.67. The maximum atomic E-state index is 12.7. The van der Waals surface area contributed by atoms with Crippen molar-refractivity contribution < 1.29 is 27.5 Å². The molecule has 3 rings (SSSR count). The summed E-state index contributed by atoms with van der Waals surface area (Å²) in [4.78, 5) is 27.2. The summed E-state index contributed by atoms with van der Waals surface area (Å²) in [5, 5.41) is 4.80. The van der Waals surface area contributed by atoms with Crippen molar-refractivity contribution in [2.45, 2.75) is 50.9 Å². The molecule has 2 N–H and O–H groups in total. The number of hydrogen-bond donors (Lipinski definition) is 2. The second-order valence-electron chi connectivity index (χ2n) is 7.12. The monoisotopic (exact) mass is 419 g/mol. The van der Waals surface area contributed by atoms with Gasteiger partial charge < -0.3 is 20.3 Å². The predicted octanol–water partition coefficient (Wildman–Crippen LogP) is 3.02. The average molecular weight is 419 g/mol. The van der Waals surface area contributed by atoms with Crippen molar-refractivity contribution in [1.82, 2.24) is 15.5 Å². The van der Waals surface area contributed by atoms with Crippen LogP contribution in [0.1, 0.15) is 46.8 Å². The highest BCUT2D eigenvalue weighted by atomic mass is 32.1. The molecule has 1 atom stereocenters. The molecule has 2 aliphatic heterocycles. The summed E-state index contributed by atoms with van der Waals surface area (Å²) < 4.78 is 44.3. The van der Waals surface area contributed by atoms with Gasteiger partial charge in [0.15, 0.2) is 0 Å². The van der Waals surface area contributed by atoms with Gasteiger partial charge in [0, 0.05) is 24.5 Å². The summed E-state index contributed by atoms with van der Waals surface area (Å²) >= 11 is 1.20. The quantitative estimate of drug-likeness (QED) is 0.791. The van der Waals surface area contributed by atoms with Crippen LogP contribution in [0.25, 0.3) is 0 Å². The molecule has 0 bridgehead atoms. The van der Waals surface area contributed by atoms with E-state index in [9.17, 15) is 22.8 Å². The van der Waals surface area contributed by atoms with Crippen LogP contribution in [-0.4, -0.2) is 55.3 Å². The van der Waals surface area contributed by atoms with Gasteiger partial charge in [-0.05, 0) is 44.7 Å². The SMILES string of the molecule is CCNC(=O)N1CCC2(CC1)OCCc1cc(C(=O)NC(C)C(F)(F)F)sc12. The fourth-order valence-electron chi connectivity index (χ4n) is 3.59. The maximum Gasteiger partial charge on any atom is 0.408 e. The van der Waals surface area contributed by atoms with Crippen molar-refractivity contribution >= 4 is 23.3 Å². The normalized spacial score (nSPS) is 19.8. The molecule has 2 aliphatic rings. The molecule has 156 valence electrons. The third kappa shape index (κ3) is 4.12. The fraction of sp³-hybridized carbons (Fsp3) is 0.667. The van der Waals surface area contributed by atoms with E-state index < -0.39 is 23.7 Å². The lowest BCUT2D eigenvalue weighted by molar-refractivity contribution is -0.149. The first-order chi connectivity index (χ1) is 13.2. The molecule has 3 heterocycles. The van der Waals surface area contributed by atoms with Gasteiger partial charge in [0.25, 0.3) is 5.91 Å². The van der Waals surface area contributed by atoms with Crippen LogP contribution < -0.4 is 10.6 Å². The van der Waals surface area contributed by atoms with Gasteiger partial charge in [0.1, 0.15) is 11.6 Å². The number of nitrogens with zero attached hydrogens (tertiary/aromatic N) is 1. The number of hydrogen-bond acceptors (Lipinski definition) is 4. The van der Waals surface area contributed by atoms with E-state index in [0.717, 1.165) is 17.4 Å². The molecule has 1 aromatic heterocycles. The lowest BCUT2D eigenvalue weighted by atomic mass is 9.85. The second kappa shape index (κ2) is 7.90. The Morgan fingerprint density at radius 3 is 2.64 bits per heavy atom. The average Bonchev–Trinajstić information content (AvgIpc) is 3.08. The van der Waals surface area contributed by atoms with Gasteiger partial charge >= 0.3 is 12.2 Å². The molecule has 10 heteroatoms. The minimum Gasteiger partial charge on any atom is -0.369 e. The Balaban J connectivity index is 1.75. The topological polar surface area (TPSA) is 70.7 Å². The Kier molecular flexibility index (Phi) is 5.90. The number of urea groups is 1. The Morgan fingerprint density at radius 2 is 2.04 bits per heavy atom. The molecule has 0 aliphatic carbocycles. The maximum absolute atomic E-state index is 12.7. The number of carbonyl (C=O) groups excluding carboxylic acids is 2. The van der Waals surface area contributed by atoms with Crippen molar-refractivity contribution in [1.29, 1.82) is 0 Å². The molecule has 1 saturated heterocycles. The Labute approximate surface area is 165 Å². The molecular formula is C18H24F3N3O3S. The van der Waals surface area contributed by atoms with Crippen LogP contribution in [0.5, 0.6) is 0 Å². The van der Waals surface area contributed by atoms with Gasteiger partial charge in [-0.3, -0.25) is 4.79 Å². The minimum absolute atomic E-state index is 0.110. The highest BCUT2D eigenvalue weighted by Crippen LogP contribution is 2.45. The number of rotatable bonds is 3. The van der Waals surface area contributed by atoms with E-state index in [1.54, 1.807) is 11.0 Å². The van der Waals surface area contributed by atoms with E-state index >= 15 is 0 Å². The van der Waals surface area contributed by atoms with Crippen LogP contribution in [0, 0.1) is 0 Å². The van der Waals surface area contributed by atoms with Crippen molar-refractivity contribution in [3.05, 3.63) is 21.4 Å². The number of nitrogens with one attached hydrogen (secondary N) is 2. The van der Waals surface area contributed by atoms with Crippen LogP contribution in [-0.2, 0) is 16.8 Å². The van der Waals surface area contributed by atoms with E-state index in [4.69, 9.17) is 4.74 Å². The molecule has 6 nitrogen and oxygen atoms in total. The first-order valence-electron chi connectivity index (χ1n) is 9.34. The van der Waals surface area contributed by atoms with Gasteiger partial charge in [-0.2, -0.15) is 13.2 Å². The van der Waals surface area contributed by atoms with Crippen molar-refractivity contribution in [2.75, 3.05) is 26.2 Å². The van der Waals surface area contributed by atoms with Crippen LogP contribution in [0.2, 0.25) is 0 Å². The van der Waals surface area contributed by atoms with Gasteiger partial charge in [-0.1, -0.05) is 0 Å². The molecule has 0 saturated carbocycles. The molecule has 0 radical (unpaired) electrons. The number of amides is 3. The number of piperidine rings is 1. The fourth-order valence-corrected chi connectivity index (χ4v) is 4.90. The zero-order chi connectivity index (χ0) is 20.5. The smallest absolute Gasteiger partial charge is 0.369 e. The highest BCUT2D eigenvalue weighted by Gasteiger charge is 2.44. The Morgan fingerprint density at radius 1 is 1.36 bits per heavy atom. The van der Waals surface area contributed by atoms with E-state index in [1.807, 2.05) is 12.2 Å². The summed E-state index contributed by atoms with van der Waals surface area (Å²) in [7, 11) is 0. The van der Waals surface area contributed by atoms with Crippen LogP contribution >= 0.6 is 11.3 Å². The first-order valence-corrected chi connectivity index (χ1v) is 10.2. The molecular weight excluding hydrogens is 395 g/mol. The summed E-state index contributed by atoms with van der Waals surface area (Å²) in [5.74, 6) is -0.723. The number of likely N-dealkylation sites (tertiary alicyclic amines) is 1. The highest BCUT2D eigenvalue weighted by molar-refractivity contribution is 7.14. The van der Waals surface area contributed by atoms with E-state index in [-0.39, 0.29) is 10.9 Å². The number of ether oxygens (including phenoxy) is 1. The van der Waals surface area contributed by atoms with E-state index in [2.05, 4.69) is 5.32 Å². The van der Waals surface area contributed by atoms with Crippen LogP contribution in [0.4, 0.5) is 18.0 Å². The number of carbonyl (C=O) groups is 2. The van der Waals surface area contributed by atoms with Gasteiger partial charge in [0.2, 0.25) is 0 Å². The van der Waals surface area contributed by atoms with Crippen molar-refractivity contribution in [3.8, 4) is 0 Å². The van der Waals surface area contributed by atoms with Gasteiger partial charge in [-0.25, -0.2) is 4.79 Å². The van der Waals surface area contributed by atoms with Gasteiger partial charge in [0.05, 0.1) is 11.5 Å². The molecule has 1 spiro atoms. The van der Waals surface area contributed by atoms with Crippen molar-refractivity contribution in [3.63, 3.8) is 0 Å². The van der Waals surface area contributed by atoms with E-state index in [1.165, 1.54) is 11.3 Å². The number of fused-ring (bicyclic) bond motifs is 2. The standard InChI is InChI=1S/C18H24F3N3O3S/c1-3-22-16(26)24-7-5-17(6-8-24)14-12(4-9-27-17)10-13(28-14)15(25)23-11(2)18(19,20)21/h10-11H,3-9H2,1-2H3,(H,22,26)(H,23,25). The second-order valence-corrected chi connectivity index (χ2v) is 8.17. The van der Waals surface area contributed by atoms with E-state index in [0.29, 0.717) is 45.5 Å². The first kappa shape index (κ1) is 20.9. The lowest BCUT2D eigenvalue weighted by Gasteiger charge is -2.43. The largest absolute Gasteiger partial charge is 0.408 e. The third-order valence-electron chi connectivity index (χ3n) is 5.22. The van der Waals surface area contributed by atoms with Crippen LogP contribution in [0.3, 0.4) is 0 Å². The Bertz CT molecular complexity index is 742. The molecule has 0 aromatic carbocycles.